The number of rotatable bonds is 5. The van der Waals surface area contributed by atoms with E-state index >= 15 is 0 Å². The summed E-state index contributed by atoms with van der Waals surface area (Å²) >= 11 is 0. The summed E-state index contributed by atoms with van der Waals surface area (Å²) in [7, 11) is 0. The smallest absolute Gasteiger partial charge is 0.342 e. The van der Waals surface area contributed by atoms with E-state index in [2.05, 4.69) is 5.32 Å². The first-order chi connectivity index (χ1) is 12.5. The van der Waals surface area contributed by atoms with E-state index in [-0.39, 0.29) is 24.0 Å². The van der Waals surface area contributed by atoms with Gasteiger partial charge in [-0.25, -0.2) is 4.79 Å². The number of phenolic OH excluding ortho intramolecular Hbond substituents is 1. The van der Waals surface area contributed by atoms with Crippen molar-refractivity contribution in [2.24, 2.45) is 0 Å². The van der Waals surface area contributed by atoms with Gasteiger partial charge in [0.15, 0.2) is 18.1 Å². The molecular formula is C19H19NO6. The standard InChI is InChI=1S/C19H19NO6/c1-12-5-4-6-14(18(12)22)19(23)25-11-17(21)20-9-13-10-24-15-7-2-3-8-16(15)26-13/h2-8,13,22H,9-11H2,1H3,(H,20,21)/t13-/m1/s1. The monoisotopic (exact) mass is 357 g/mol. The van der Waals surface area contributed by atoms with Gasteiger partial charge in [0.25, 0.3) is 5.91 Å². The van der Waals surface area contributed by atoms with Crippen LogP contribution in [0, 0.1) is 6.92 Å². The van der Waals surface area contributed by atoms with Crippen LogP contribution in [-0.2, 0) is 9.53 Å². The van der Waals surface area contributed by atoms with Gasteiger partial charge in [-0.05, 0) is 30.7 Å². The number of ether oxygens (including phenoxy) is 3. The topological polar surface area (TPSA) is 94.1 Å². The van der Waals surface area contributed by atoms with Gasteiger partial charge >= 0.3 is 5.97 Å². The summed E-state index contributed by atoms with van der Waals surface area (Å²) in [5.41, 5.74) is 0.581. The Kier molecular flexibility index (Phi) is 5.26. The van der Waals surface area contributed by atoms with E-state index in [4.69, 9.17) is 14.2 Å². The molecule has 2 N–H and O–H groups in total. The number of fused-ring (bicyclic) bond motifs is 1. The van der Waals surface area contributed by atoms with Crippen LogP contribution >= 0.6 is 0 Å². The van der Waals surface area contributed by atoms with Crippen LogP contribution in [0.5, 0.6) is 17.2 Å². The molecule has 26 heavy (non-hydrogen) atoms. The van der Waals surface area contributed by atoms with Crippen molar-refractivity contribution in [2.45, 2.75) is 13.0 Å². The van der Waals surface area contributed by atoms with Gasteiger partial charge in [0.2, 0.25) is 0 Å². The van der Waals surface area contributed by atoms with Crippen molar-refractivity contribution in [3.8, 4) is 17.2 Å². The molecule has 1 amide bonds. The lowest BCUT2D eigenvalue weighted by Gasteiger charge is -2.26. The van der Waals surface area contributed by atoms with Gasteiger partial charge in [0, 0.05) is 0 Å². The van der Waals surface area contributed by atoms with Gasteiger partial charge in [-0.3, -0.25) is 4.79 Å². The van der Waals surface area contributed by atoms with E-state index in [1.54, 1.807) is 25.1 Å². The van der Waals surface area contributed by atoms with Crippen LogP contribution in [0.4, 0.5) is 0 Å². The van der Waals surface area contributed by atoms with Crippen molar-refractivity contribution in [3.63, 3.8) is 0 Å². The van der Waals surface area contributed by atoms with Crippen molar-refractivity contribution in [1.29, 1.82) is 0 Å². The van der Waals surface area contributed by atoms with Gasteiger partial charge in [-0.2, -0.15) is 0 Å². The molecule has 0 saturated heterocycles. The minimum absolute atomic E-state index is 0.0263. The van der Waals surface area contributed by atoms with Crippen molar-refractivity contribution >= 4 is 11.9 Å². The second-order valence-electron chi connectivity index (χ2n) is 5.85. The van der Waals surface area contributed by atoms with Crippen molar-refractivity contribution in [1.82, 2.24) is 5.32 Å². The Labute approximate surface area is 150 Å². The fraction of sp³-hybridized carbons (Fsp3) is 0.263. The Hall–Kier alpha value is -3.22. The summed E-state index contributed by atoms with van der Waals surface area (Å²) in [6.45, 7) is 1.76. The molecule has 0 aliphatic carbocycles. The first-order valence-corrected chi connectivity index (χ1v) is 8.15. The molecule has 0 fully saturated rings. The van der Waals surface area contributed by atoms with E-state index in [1.807, 2.05) is 18.2 Å². The summed E-state index contributed by atoms with van der Waals surface area (Å²) in [6, 6.07) is 12.0. The Bertz CT molecular complexity index is 819. The van der Waals surface area contributed by atoms with E-state index in [9.17, 15) is 14.7 Å². The maximum Gasteiger partial charge on any atom is 0.342 e. The lowest BCUT2D eigenvalue weighted by Crippen LogP contribution is -2.42. The number of esters is 1. The third-order valence-electron chi connectivity index (χ3n) is 3.89. The third-order valence-corrected chi connectivity index (χ3v) is 3.89. The molecule has 0 radical (unpaired) electrons. The molecule has 1 heterocycles. The van der Waals surface area contributed by atoms with Crippen LogP contribution in [0.25, 0.3) is 0 Å². The fourth-order valence-electron chi connectivity index (χ4n) is 2.47. The largest absolute Gasteiger partial charge is 0.507 e. The minimum atomic E-state index is -0.757. The number of para-hydroxylation sites is 3. The Morgan fingerprint density at radius 2 is 1.96 bits per heavy atom. The first kappa shape index (κ1) is 17.6. The Morgan fingerprint density at radius 3 is 2.77 bits per heavy atom. The number of aromatic hydroxyl groups is 1. The predicted octanol–water partition coefficient (Wildman–Crippen LogP) is 1.81. The van der Waals surface area contributed by atoms with E-state index < -0.39 is 18.5 Å². The Balaban J connectivity index is 1.45. The third kappa shape index (κ3) is 4.05. The molecule has 0 spiro atoms. The number of carbonyl (C=O) groups excluding carboxylic acids is 2. The molecule has 136 valence electrons. The fourth-order valence-corrected chi connectivity index (χ4v) is 2.47. The Morgan fingerprint density at radius 1 is 1.19 bits per heavy atom. The second-order valence-corrected chi connectivity index (χ2v) is 5.85. The number of phenols is 1. The maximum atomic E-state index is 12.0. The molecular weight excluding hydrogens is 338 g/mol. The molecule has 1 aliphatic rings. The van der Waals surface area contributed by atoms with E-state index in [1.165, 1.54) is 6.07 Å². The number of aryl methyl sites for hydroxylation is 1. The molecule has 0 saturated carbocycles. The molecule has 7 heteroatoms. The first-order valence-electron chi connectivity index (χ1n) is 8.15. The van der Waals surface area contributed by atoms with E-state index in [0.717, 1.165) is 0 Å². The number of nitrogens with one attached hydrogen (secondary N) is 1. The molecule has 0 aromatic heterocycles. The van der Waals surface area contributed by atoms with Crippen LogP contribution in [-0.4, -0.2) is 42.8 Å². The van der Waals surface area contributed by atoms with Gasteiger partial charge in [-0.15, -0.1) is 0 Å². The van der Waals surface area contributed by atoms with Gasteiger partial charge in [-0.1, -0.05) is 24.3 Å². The molecule has 1 aliphatic heterocycles. The molecule has 2 aromatic rings. The maximum absolute atomic E-state index is 12.0. The van der Waals surface area contributed by atoms with Gasteiger partial charge in [0.1, 0.15) is 24.0 Å². The van der Waals surface area contributed by atoms with Crippen molar-refractivity contribution in [2.75, 3.05) is 19.8 Å². The van der Waals surface area contributed by atoms with Crippen LogP contribution in [0.1, 0.15) is 15.9 Å². The summed E-state index contributed by atoms with van der Waals surface area (Å²) in [5, 5.41) is 12.5. The molecule has 0 bridgehead atoms. The normalized spacial score (nSPS) is 15.2. The summed E-state index contributed by atoms with van der Waals surface area (Å²) in [4.78, 5) is 23.8. The van der Waals surface area contributed by atoms with Crippen LogP contribution in [0.15, 0.2) is 42.5 Å². The lowest BCUT2D eigenvalue weighted by molar-refractivity contribution is -0.124. The number of carbonyl (C=O) groups is 2. The van der Waals surface area contributed by atoms with Crippen LogP contribution in [0.3, 0.4) is 0 Å². The number of hydrogen-bond donors (Lipinski definition) is 2. The molecule has 0 unspecified atom stereocenters. The zero-order valence-corrected chi connectivity index (χ0v) is 14.2. The quantitative estimate of drug-likeness (QED) is 0.793. The molecule has 2 aromatic carbocycles. The average molecular weight is 357 g/mol. The highest BCUT2D eigenvalue weighted by atomic mass is 16.6. The zero-order chi connectivity index (χ0) is 18.5. The van der Waals surface area contributed by atoms with Crippen LogP contribution < -0.4 is 14.8 Å². The zero-order valence-electron chi connectivity index (χ0n) is 14.2. The SMILES string of the molecule is Cc1cccc(C(=O)OCC(=O)NC[C@@H]2COc3ccccc3O2)c1O. The van der Waals surface area contributed by atoms with Gasteiger partial charge in [0.05, 0.1) is 6.54 Å². The summed E-state index contributed by atoms with van der Waals surface area (Å²) < 4.78 is 16.2. The minimum Gasteiger partial charge on any atom is -0.507 e. The highest BCUT2D eigenvalue weighted by molar-refractivity contribution is 5.94. The average Bonchev–Trinajstić information content (AvgIpc) is 2.66. The highest BCUT2D eigenvalue weighted by Crippen LogP contribution is 2.30. The number of amides is 1. The molecule has 1 atom stereocenters. The van der Waals surface area contributed by atoms with Crippen molar-refractivity contribution in [3.05, 3.63) is 53.6 Å². The lowest BCUT2D eigenvalue weighted by atomic mass is 10.1. The summed E-state index contributed by atoms with van der Waals surface area (Å²) in [5.74, 6) is -0.0777. The van der Waals surface area contributed by atoms with Gasteiger partial charge < -0.3 is 24.6 Å². The number of hydrogen-bond acceptors (Lipinski definition) is 6. The predicted molar refractivity (Wildman–Crippen MR) is 92.5 cm³/mol. The molecule has 7 nitrogen and oxygen atoms in total. The second kappa shape index (κ2) is 7.77. The number of benzene rings is 2. The summed E-state index contributed by atoms with van der Waals surface area (Å²) in [6.07, 6.45) is -0.328. The highest BCUT2D eigenvalue weighted by Gasteiger charge is 2.21. The van der Waals surface area contributed by atoms with Crippen LogP contribution in [0.2, 0.25) is 0 Å². The van der Waals surface area contributed by atoms with E-state index in [0.29, 0.717) is 23.7 Å². The van der Waals surface area contributed by atoms with Crippen molar-refractivity contribution < 1.29 is 28.9 Å². The molecule has 3 rings (SSSR count).